The summed E-state index contributed by atoms with van der Waals surface area (Å²) in [4.78, 5) is 43.3. The summed E-state index contributed by atoms with van der Waals surface area (Å²) in [6.45, 7) is 3.98. The number of ketones is 1. The molecular formula is C26H20F3N3O3. The number of amides is 2. The number of benzene rings is 2. The molecule has 2 heterocycles. The van der Waals surface area contributed by atoms with Crippen molar-refractivity contribution in [3.05, 3.63) is 107 Å². The summed E-state index contributed by atoms with van der Waals surface area (Å²) in [5, 5.41) is 2.56. The molecule has 0 bridgehead atoms. The second-order valence-electron chi connectivity index (χ2n) is 7.98. The lowest BCUT2D eigenvalue weighted by Crippen LogP contribution is -2.36. The van der Waals surface area contributed by atoms with Crippen LogP contribution in [0.4, 0.5) is 18.9 Å². The molecule has 2 amide bonds. The third-order valence-corrected chi connectivity index (χ3v) is 5.71. The van der Waals surface area contributed by atoms with Gasteiger partial charge in [-0.3, -0.25) is 19.4 Å². The minimum Gasteiger partial charge on any atom is -0.334 e. The van der Waals surface area contributed by atoms with Gasteiger partial charge in [-0.05, 0) is 41.8 Å². The van der Waals surface area contributed by atoms with E-state index in [0.717, 1.165) is 29.3 Å². The Balaban J connectivity index is 1.54. The third-order valence-electron chi connectivity index (χ3n) is 5.71. The number of nitrogens with zero attached hydrogens (tertiary/aromatic N) is 2. The second-order valence-corrected chi connectivity index (χ2v) is 7.98. The summed E-state index contributed by atoms with van der Waals surface area (Å²) < 4.78 is 38.5. The lowest BCUT2D eigenvalue weighted by molar-refractivity contribution is -0.137. The van der Waals surface area contributed by atoms with E-state index in [9.17, 15) is 27.6 Å². The molecule has 0 saturated heterocycles. The normalized spacial score (nSPS) is 13.1. The topological polar surface area (TPSA) is 79.4 Å². The summed E-state index contributed by atoms with van der Waals surface area (Å²) in [7, 11) is 0. The minimum absolute atomic E-state index is 0.161. The van der Waals surface area contributed by atoms with Crippen molar-refractivity contribution in [3.63, 3.8) is 0 Å². The van der Waals surface area contributed by atoms with Crippen molar-refractivity contribution < 1.29 is 27.6 Å². The summed E-state index contributed by atoms with van der Waals surface area (Å²) in [6, 6.07) is 10.8. The van der Waals surface area contributed by atoms with Crippen LogP contribution in [0.3, 0.4) is 0 Å². The summed E-state index contributed by atoms with van der Waals surface area (Å²) in [6.07, 6.45) is -0.131. The van der Waals surface area contributed by atoms with Gasteiger partial charge in [0.05, 0.1) is 23.0 Å². The zero-order valence-electron chi connectivity index (χ0n) is 18.4. The molecule has 1 N–H and O–H groups in total. The minimum atomic E-state index is -4.48. The Labute approximate surface area is 199 Å². The maximum atomic E-state index is 13.1. The molecule has 4 rings (SSSR count). The van der Waals surface area contributed by atoms with E-state index in [1.807, 2.05) is 6.07 Å². The number of hydrogen-bond acceptors (Lipinski definition) is 4. The maximum Gasteiger partial charge on any atom is 0.416 e. The van der Waals surface area contributed by atoms with Crippen LogP contribution in [0.5, 0.6) is 0 Å². The molecule has 0 unspecified atom stereocenters. The van der Waals surface area contributed by atoms with Gasteiger partial charge in [0.15, 0.2) is 5.78 Å². The zero-order valence-corrected chi connectivity index (χ0v) is 18.4. The molecule has 35 heavy (non-hydrogen) atoms. The van der Waals surface area contributed by atoms with Crippen LogP contribution in [-0.4, -0.2) is 34.0 Å². The standard InChI is InChI=1S/C26H20F3N3O3/c1-2-23(33)31-20-12-18(13-30-14-20)25(35)32-11-10-21-17(15-32)4-3-5-22(21)24(34)16-6-8-19(9-7-16)26(27,28)29/h2-9,12-14H,1,10-11,15H2,(H,31,33). The highest BCUT2D eigenvalue weighted by molar-refractivity contribution is 6.10. The molecule has 2 aromatic carbocycles. The third kappa shape index (κ3) is 5.13. The number of alkyl halides is 3. The van der Waals surface area contributed by atoms with Crippen LogP contribution in [0.25, 0.3) is 0 Å². The fourth-order valence-corrected chi connectivity index (χ4v) is 3.96. The van der Waals surface area contributed by atoms with E-state index in [0.29, 0.717) is 29.8 Å². The van der Waals surface area contributed by atoms with E-state index in [4.69, 9.17) is 0 Å². The molecule has 0 spiro atoms. The monoisotopic (exact) mass is 479 g/mol. The van der Waals surface area contributed by atoms with Crippen molar-refractivity contribution in [2.45, 2.75) is 19.1 Å². The Kier molecular flexibility index (Phi) is 6.50. The number of anilines is 1. The number of aromatic nitrogens is 1. The number of carbonyl (C=O) groups excluding carboxylic acids is 3. The lowest BCUT2D eigenvalue weighted by atomic mass is 9.90. The summed E-state index contributed by atoms with van der Waals surface area (Å²) in [5.74, 6) is -1.07. The Morgan fingerprint density at radius 1 is 1.03 bits per heavy atom. The van der Waals surface area contributed by atoms with Crippen molar-refractivity contribution in [3.8, 4) is 0 Å². The van der Waals surface area contributed by atoms with Crippen LogP contribution in [0.1, 0.15) is 43.0 Å². The first-order chi connectivity index (χ1) is 16.7. The van der Waals surface area contributed by atoms with Crippen molar-refractivity contribution in [2.24, 2.45) is 0 Å². The van der Waals surface area contributed by atoms with Crippen LogP contribution >= 0.6 is 0 Å². The molecule has 6 nitrogen and oxygen atoms in total. The van der Waals surface area contributed by atoms with Gasteiger partial charge in [-0.15, -0.1) is 0 Å². The molecule has 0 atom stereocenters. The molecule has 0 fully saturated rings. The first kappa shape index (κ1) is 23.9. The lowest BCUT2D eigenvalue weighted by Gasteiger charge is -2.30. The van der Waals surface area contributed by atoms with Crippen LogP contribution in [0, 0.1) is 0 Å². The zero-order chi connectivity index (χ0) is 25.2. The van der Waals surface area contributed by atoms with Gasteiger partial charge in [0.25, 0.3) is 5.91 Å². The Bertz CT molecular complexity index is 1320. The predicted octanol–water partition coefficient (Wildman–Crippen LogP) is 4.65. The number of halogens is 3. The van der Waals surface area contributed by atoms with E-state index in [2.05, 4.69) is 16.9 Å². The molecule has 1 aliphatic rings. The van der Waals surface area contributed by atoms with E-state index < -0.39 is 17.6 Å². The van der Waals surface area contributed by atoms with Crippen molar-refractivity contribution in [2.75, 3.05) is 11.9 Å². The SMILES string of the molecule is C=CC(=O)Nc1cncc(C(=O)N2CCc3c(cccc3C(=O)c3ccc(C(F)(F)F)cc3)C2)c1. The van der Waals surface area contributed by atoms with E-state index in [-0.39, 0.29) is 23.8 Å². The molecule has 0 radical (unpaired) electrons. The highest BCUT2D eigenvalue weighted by Crippen LogP contribution is 2.30. The van der Waals surface area contributed by atoms with Crippen LogP contribution < -0.4 is 5.32 Å². The predicted molar refractivity (Wildman–Crippen MR) is 123 cm³/mol. The van der Waals surface area contributed by atoms with Crippen molar-refractivity contribution in [1.29, 1.82) is 0 Å². The first-order valence-corrected chi connectivity index (χ1v) is 10.7. The molecule has 178 valence electrons. The second kappa shape index (κ2) is 9.54. The van der Waals surface area contributed by atoms with Crippen molar-refractivity contribution >= 4 is 23.3 Å². The number of fused-ring (bicyclic) bond motifs is 1. The Morgan fingerprint density at radius 3 is 2.46 bits per heavy atom. The average Bonchev–Trinajstić information content (AvgIpc) is 2.86. The van der Waals surface area contributed by atoms with E-state index in [1.165, 1.54) is 30.6 Å². The van der Waals surface area contributed by atoms with Gasteiger partial charge < -0.3 is 10.2 Å². The summed E-state index contributed by atoms with van der Waals surface area (Å²) >= 11 is 0. The molecule has 1 aliphatic heterocycles. The van der Waals surface area contributed by atoms with Crippen LogP contribution in [0.2, 0.25) is 0 Å². The molecule has 1 aromatic heterocycles. The number of carbonyl (C=O) groups is 3. The average molecular weight is 479 g/mol. The fourth-order valence-electron chi connectivity index (χ4n) is 3.96. The highest BCUT2D eigenvalue weighted by atomic mass is 19.4. The number of nitrogens with one attached hydrogen (secondary N) is 1. The van der Waals surface area contributed by atoms with Gasteiger partial charge in [0.2, 0.25) is 5.91 Å². The van der Waals surface area contributed by atoms with Gasteiger partial charge in [0, 0.05) is 30.4 Å². The number of pyridine rings is 1. The molecule has 9 heteroatoms. The number of hydrogen-bond donors (Lipinski definition) is 1. The van der Waals surface area contributed by atoms with Gasteiger partial charge in [-0.2, -0.15) is 13.2 Å². The van der Waals surface area contributed by atoms with Gasteiger partial charge >= 0.3 is 6.18 Å². The fraction of sp³-hybridized carbons (Fsp3) is 0.154. The molecular weight excluding hydrogens is 459 g/mol. The highest BCUT2D eigenvalue weighted by Gasteiger charge is 2.31. The van der Waals surface area contributed by atoms with Crippen molar-refractivity contribution in [1.82, 2.24) is 9.88 Å². The number of rotatable bonds is 5. The van der Waals surface area contributed by atoms with Gasteiger partial charge in [-0.25, -0.2) is 0 Å². The first-order valence-electron chi connectivity index (χ1n) is 10.7. The van der Waals surface area contributed by atoms with Gasteiger partial charge in [-0.1, -0.05) is 36.9 Å². The Morgan fingerprint density at radius 2 is 1.77 bits per heavy atom. The molecule has 0 saturated carbocycles. The van der Waals surface area contributed by atoms with E-state index in [1.54, 1.807) is 17.0 Å². The smallest absolute Gasteiger partial charge is 0.334 e. The van der Waals surface area contributed by atoms with Crippen LogP contribution in [0.15, 0.2) is 73.6 Å². The van der Waals surface area contributed by atoms with Gasteiger partial charge in [0.1, 0.15) is 0 Å². The van der Waals surface area contributed by atoms with Crippen LogP contribution in [-0.2, 0) is 23.9 Å². The quantitative estimate of drug-likeness (QED) is 0.427. The largest absolute Gasteiger partial charge is 0.416 e. The Hall–Kier alpha value is -4.27. The maximum absolute atomic E-state index is 13.1. The molecule has 3 aromatic rings. The summed E-state index contributed by atoms with van der Waals surface area (Å²) in [5.41, 5.74) is 1.97. The van der Waals surface area contributed by atoms with E-state index >= 15 is 0 Å². The molecule has 0 aliphatic carbocycles.